The minimum Gasteiger partial charge on any atom is -0.320 e. The molecule has 2 aromatic carbocycles. The molecule has 0 aliphatic heterocycles. The Hall–Kier alpha value is -1.38. The molecule has 0 fully saturated rings. The van der Waals surface area contributed by atoms with Gasteiger partial charge >= 0.3 is 0 Å². The highest BCUT2D eigenvalue weighted by Crippen LogP contribution is 2.29. The van der Waals surface area contributed by atoms with Gasteiger partial charge in [0.15, 0.2) is 0 Å². The molecule has 106 valence electrons. The molecule has 0 saturated heterocycles. The molecule has 0 bridgehead atoms. The molecule has 0 aliphatic carbocycles. The number of benzene rings is 2. The van der Waals surface area contributed by atoms with Crippen molar-refractivity contribution in [2.75, 3.05) is 0 Å². The number of rotatable bonds is 4. The van der Waals surface area contributed by atoms with Gasteiger partial charge in [0, 0.05) is 0 Å². The van der Waals surface area contributed by atoms with Gasteiger partial charge in [-0.25, -0.2) is 4.39 Å². The lowest BCUT2D eigenvalue weighted by molar-refractivity contribution is 0.624. The molecule has 0 spiro atoms. The fourth-order valence-electron chi connectivity index (χ4n) is 2.45. The van der Waals surface area contributed by atoms with Crippen molar-refractivity contribution in [1.82, 2.24) is 0 Å². The van der Waals surface area contributed by atoms with Gasteiger partial charge in [0.2, 0.25) is 0 Å². The fraction of sp³-hybridized carbons (Fsp3) is 0.294. The topological polar surface area (TPSA) is 26.0 Å². The summed E-state index contributed by atoms with van der Waals surface area (Å²) in [4.78, 5) is 0. The van der Waals surface area contributed by atoms with E-state index in [1.54, 1.807) is 12.1 Å². The van der Waals surface area contributed by atoms with E-state index in [2.05, 4.69) is 26.0 Å². The molecule has 0 radical (unpaired) electrons. The van der Waals surface area contributed by atoms with Gasteiger partial charge < -0.3 is 5.73 Å². The van der Waals surface area contributed by atoms with Crippen LogP contribution in [0.15, 0.2) is 36.4 Å². The highest BCUT2D eigenvalue weighted by molar-refractivity contribution is 6.31. The van der Waals surface area contributed by atoms with E-state index in [0.717, 1.165) is 18.4 Å². The molecule has 0 amide bonds. The molecule has 0 aliphatic rings. The molecule has 1 nitrogen and oxygen atoms in total. The van der Waals surface area contributed by atoms with Crippen molar-refractivity contribution in [2.45, 2.75) is 32.7 Å². The second-order valence-electron chi connectivity index (χ2n) is 4.86. The Kier molecular flexibility index (Phi) is 4.79. The van der Waals surface area contributed by atoms with Gasteiger partial charge in [-0.15, -0.1) is 0 Å². The summed E-state index contributed by atoms with van der Waals surface area (Å²) in [5.74, 6) is -0.430. The van der Waals surface area contributed by atoms with Crippen LogP contribution >= 0.6 is 11.6 Å². The van der Waals surface area contributed by atoms with Crippen LogP contribution in [-0.4, -0.2) is 0 Å². The SMILES string of the molecule is CCc1ccc(C(N)c2cccc(F)c2Cl)cc1CC. The van der Waals surface area contributed by atoms with E-state index in [-0.39, 0.29) is 5.02 Å². The minimum atomic E-state index is -0.430. The van der Waals surface area contributed by atoms with E-state index in [1.807, 2.05) is 6.07 Å². The van der Waals surface area contributed by atoms with Gasteiger partial charge in [-0.05, 0) is 41.2 Å². The van der Waals surface area contributed by atoms with Crippen LogP contribution < -0.4 is 5.73 Å². The third-order valence-electron chi connectivity index (χ3n) is 3.67. The van der Waals surface area contributed by atoms with Crippen LogP contribution in [0.4, 0.5) is 4.39 Å². The first-order valence-electron chi connectivity index (χ1n) is 6.89. The minimum absolute atomic E-state index is 0.109. The maximum atomic E-state index is 13.5. The summed E-state index contributed by atoms with van der Waals surface area (Å²) >= 11 is 6.02. The fourth-order valence-corrected chi connectivity index (χ4v) is 2.70. The van der Waals surface area contributed by atoms with Gasteiger partial charge in [0.25, 0.3) is 0 Å². The highest BCUT2D eigenvalue weighted by Gasteiger charge is 2.15. The number of aryl methyl sites for hydroxylation is 2. The average molecular weight is 292 g/mol. The molecule has 20 heavy (non-hydrogen) atoms. The average Bonchev–Trinajstić information content (AvgIpc) is 2.48. The first kappa shape index (κ1) is 15.0. The van der Waals surface area contributed by atoms with Gasteiger partial charge in [-0.1, -0.05) is 55.8 Å². The van der Waals surface area contributed by atoms with E-state index < -0.39 is 11.9 Å². The van der Waals surface area contributed by atoms with E-state index in [9.17, 15) is 4.39 Å². The monoisotopic (exact) mass is 291 g/mol. The van der Waals surface area contributed by atoms with Crippen molar-refractivity contribution in [2.24, 2.45) is 5.73 Å². The molecular weight excluding hydrogens is 273 g/mol. The summed E-state index contributed by atoms with van der Waals surface area (Å²) in [6, 6.07) is 10.5. The summed E-state index contributed by atoms with van der Waals surface area (Å²) in [5, 5.41) is 0.109. The lowest BCUT2D eigenvalue weighted by Crippen LogP contribution is -2.13. The Labute approximate surface area is 124 Å². The third-order valence-corrected chi connectivity index (χ3v) is 4.07. The predicted octanol–water partition coefficient (Wildman–Crippen LogP) is 4.65. The van der Waals surface area contributed by atoms with Gasteiger partial charge in [-0.3, -0.25) is 0 Å². The van der Waals surface area contributed by atoms with Gasteiger partial charge in [0.1, 0.15) is 5.82 Å². The zero-order valence-corrected chi connectivity index (χ0v) is 12.5. The van der Waals surface area contributed by atoms with Crippen LogP contribution in [0.3, 0.4) is 0 Å². The van der Waals surface area contributed by atoms with Crippen molar-refractivity contribution in [1.29, 1.82) is 0 Å². The second-order valence-corrected chi connectivity index (χ2v) is 5.23. The van der Waals surface area contributed by atoms with Crippen molar-refractivity contribution in [3.63, 3.8) is 0 Å². The van der Waals surface area contributed by atoms with Crippen molar-refractivity contribution < 1.29 is 4.39 Å². The molecule has 1 unspecified atom stereocenters. The Morgan fingerprint density at radius 3 is 2.45 bits per heavy atom. The lowest BCUT2D eigenvalue weighted by atomic mass is 9.94. The first-order valence-corrected chi connectivity index (χ1v) is 7.27. The normalized spacial score (nSPS) is 12.4. The molecule has 0 aromatic heterocycles. The quantitative estimate of drug-likeness (QED) is 0.871. The van der Waals surface area contributed by atoms with E-state index in [4.69, 9.17) is 17.3 Å². The molecule has 2 rings (SSSR count). The number of halogens is 2. The molecule has 0 heterocycles. The van der Waals surface area contributed by atoms with E-state index in [0.29, 0.717) is 5.56 Å². The zero-order chi connectivity index (χ0) is 14.7. The standard InChI is InChI=1S/C17H19ClFN/c1-3-11-8-9-13(10-12(11)4-2)17(20)14-6-5-7-15(19)16(14)18/h5-10,17H,3-4,20H2,1-2H3. The number of hydrogen-bond donors (Lipinski definition) is 1. The summed E-state index contributed by atoms with van der Waals surface area (Å²) < 4.78 is 13.5. The maximum absolute atomic E-state index is 13.5. The number of hydrogen-bond acceptors (Lipinski definition) is 1. The molecule has 0 saturated carbocycles. The molecule has 3 heteroatoms. The third kappa shape index (κ3) is 2.87. The molecule has 1 atom stereocenters. The summed E-state index contributed by atoms with van der Waals surface area (Å²) in [7, 11) is 0. The summed E-state index contributed by atoms with van der Waals surface area (Å²) in [5.41, 5.74) is 10.5. The van der Waals surface area contributed by atoms with E-state index in [1.165, 1.54) is 17.2 Å². The van der Waals surface area contributed by atoms with Gasteiger partial charge in [0.05, 0.1) is 11.1 Å². The molecule has 2 N–H and O–H groups in total. The Bertz CT molecular complexity index is 610. The predicted molar refractivity (Wildman–Crippen MR) is 82.6 cm³/mol. The Balaban J connectivity index is 2.43. The van der Waals surface area contributed by atoms with Crippen LogP contribution in [0.1, 0.15) is 42.1 Å². The molecule has 2 aromatic rings. The van der Waals surface area contributed by atoms with Crippen LogP contribution in [0, 0.1) is 5.82 Å². The second kappa shape index (κ2) is 6.38. The Morgan fingerprint density at radius 1 is 1.10 bits per heavy atom. The zero-order valence-electron chi connectivity index (χ0n) is 11.8. The van der Waals surface area contributed by atoms with Crippen molar-refractivity contribution in [3.05, 3.63) is 69.5 Å². The summed E-state index contributed by atoms with van der Waals surface area (Å²) in [6.07, 6.45) is 1.96. The van der Waals surface area contributed by atoms with Crippen LogP contribution in [0.2, 0.25) is 5.02 Å². The first-order chi connectivity index (χ1) is 9.58. The number of nitrogens with two attached hydrogens (primary N) is 1. The maximum Gasteiger partial charge on any atom is 0.142 e. The largest absolute Gasteiger partial charge is 0.320 e. The van der Waals surface area contributed by atoms with Crippen LogP contribution in [-0.2, 0) is 12.8 Å². The van der Waals surface area contributed by atoms with Gasteiger partial charge in [-0.2, -0.15) is 0 Å². The van der Waals surface area contributed by atoms with Crippen molar-refractivity contribution >= 4 is 11.6 Å². The summed E-state index contributed by atoms with van der Waals surface area (Å²) in [6.45, 7) is 4.26. The molecular formula is C17H19ClFN. The van der Waals surface area contributed by atoms with Crippen LogP contribution in [0.5, 0.6) is 0 Å². The highest BCUT2D eigenvalue weighted by atomic mass is 35.5. The Morgan fingerprint density at radius 2 is 1.80 bits per heavy atom. The lowest BCUT2D eigenvalue weighted by Gasteiger charge is -2.17. The van der Waals surface area contributed by atoms with E-state index >= 15 is 0 Å². The van der Waals surface area contributed by atoms with Crippen molar-refractivity contribution in [3.8, 4) is 0 Å². The van der Waals surface area contributed by atoms with Crippen LogP contribution in [0.25, 0.3) is 0 Å². The smallest absolute Gasteiger partial charge is 0.142 e.